The van der Waals surface area contributed by atoms with E-state index in [1.165, 1.54) is 6.07 Å². The molecule has 178 valence electrons. The number of alkyl halides is 3. The van der Waals surface area contributed by atoms with Crippen LogP contribution in [0.4, 0.5) is 13.2 Å². The Morgan fingerprint density at radius 3 is 2.39 bits per heavy atom. The second-order valence-corrected chi connectivity index (χ2v) is 11.0. The third-order valence-electron chi connectivity index (χ3n) is 6.78. The van der Waals surface area contributed by atoms with E-state index in [0.29, 0.717) is 30.0 Å². The topological polar surface area (TPSA) is 72.5 Å². The van der Waals surface area contributed by atoms with E-state index >= 15 is 0 Å². The summed E-state index contributed by atoms with van der Waals surface area (Å²) in [4.78, 5) is 12.6. The quantitative estimate of drug-likeness (QED) is 0.417. The van der Waals surface area contributed by atoms with Crippen LogP contribution in [0.15, 0.2) is 42.5 Å². The van der Waals surface area contributed by atoms with E-state index in [2.05, 4.69) is 9.50 Å². The van der Waals surface area contributed by atoms with Crippen LogP contribution < -0.4 is 9.50 Å². The van der Waals surface area contributed by atoms with Crippen molar-refractivity contribution in [2.45, 2.75) is 37.1 Å². The van der Waals surface area contributed by atoms with Gasteiger partial charge in [-0.15, -0.1) is 0 Å². The number of benzene rings is 2. The number of carbonyl (C=O) groups is 1. The van der Waals surface area contributed by atoms with Gasteiger partial charge < -0.3 is 9.50 Å². The van der Waals surface area contributed by atoms with Gasteiger partial charge in [-0.25, -0.2) is 0 Å². The maximum Gasteiger partial charge on any atom is 0.534 e. The first-order valence-corrected chi connectivity index (χ1v) is 12.3. The summed E-state index contributed by atoms with van der Waals surface area (Å²) in [6.07, 6.45) is 1.21. The number of halogens is 5. The van der Waals surface area contributed by atoms with Gasteiger partial charge in [-0.05, 0) is 59.9 Å². The molecule has 1 amide bonds. The molecule has 0 bridgehead atoms. The molecule has 1 heterocycles. The lowest BCUT2D eigenvalue weighted by Crippen LogP contribution is -2.41. The van der Waals surface area contributed by atoms with Crippen molar-refractivity contribution in [3.8, 4) is 5.75 Å². The van der Waals surface area contributed by atoms with Crippen molar-refractivity contribution < 1.29 is 30.6 Å². The van der Waals surface area contributed by atoms with E-state index in [1.807, 2.05) is 19.1 Å². The fourth-order valence-electron chi connectivity index (χ4n) is 5.07. The van der Waals surface area contributed by atoms with Crippen LogP contribution in [0, 0.1) is 11.3 Å². The molecule has 4 unspecified atom stereocenters. The molecule has 11 heteroatoms. The van der Waals surface area contributed by atoms with Gasteiger partial charge in [-0.2, -0.15) is 21.6 Å². The van der Waals surface area contributed by atoms with E-state index < -0.39 is 26.8 Å². The van der Waals surface area contributed by atoms with Gasteiger partial charge in [-0.1, -0.05) is 48.3 Å². The van der Waals surface area contributed by atoms with Crippen LogP contribution in [-0.4, -0.2) is 26.4 Å². The van der Waals surface area contributed by atoms with Gasteiger partial charge in [0.15, 0.2) is 0 Å². The van der Waals surface area contributed by atoms with Crippen LogP contribution in [0.2, 0.25) is 10.0 Å². The molecule has 1 aliphatic carbocycles. The highest BCUT2D eigenvalue weighted by Crippen LogP contribution is 2.57. The molecule has 33 heavy (non-hydrogen) atoms. The van der Waals surface area contributed by atoms with Crippen molar-refractivity contribution in [3.05, 3.63) is 63.6 Å². The zero-order valence-electron chi connectivity index (χ0n) is 17.3. The van der Waals surface area contributed by atoms with Gasteiger partial charge in [0, 0.05) is 22.7 Å². The summed E-state index contributed by atoms with van der Waals surface area (Å²) in [6, 6.07) is 11.1. The van der Waals surface area contributed by atoms with Crippen molar-refractivity contribution in [2.75, 3.05) is 6.54 Å². The molecule has 4 atom stereocenters. The van der Waals surface area contributed by atoms with Gasteiger partial charge in [0.2, 0.25) is 5.91 Å². The van der Waals surface area contributed by atoms with E-state index in [0.717, 1.165) is 17.7 Å². The highest BCUT2D eigenvalue weighted by Gasteiger charge is 2.55. The van der Waals surface area contributed by atoms with Gasteiger partial charge in [0.1, 0.15) is 5.75 Å². The molecule has 4 rings (SSSR count). The van der Waals surface area contributed by atoms with Crippen molar-refractivity contribution in [3.63, 3.8) is 0 Å². The lowest BCUT2D eigenvalue weighted by molar-refractivity contribution is -0.129. The number of nitrogens with one attached hydrogen (secondary N) is 1. The van der Waals surface area contributed by atoms with Gasteiger partial charge in [0.25, 0.3) is 0 Å². The Morgan fingerprint density at radius 1 is 1.12 bits per heavy atom. The Bertz CT molecular complexity index is 1190. The molecule has 2 aromatic carbocycles. The maximum absolute atomic E-state index is 12.7. The molecule has 5 nitrogen and oxygen atoms in total. The second-order valence-electron chi connectivity index (χ2n) is 8.62. The summed E-state index contributed by atoms with van der Waals surface area (Å²) < 4.78 is 64.9. The number of rotatable bonds is 4. The van der Waals surface area contributed by atoms with Crippen molar-refractivity contribution in [1.82, 2.24) is 5.32 Å². The fourth-order valence-corrected chi connectivity index (χ4v) is 5.96. The number of hydrogen-bond acceptors (Lipinski definition) is 4. The molecule has 2 aromatic rings. The smallest absolute Gasteiger partial charge is 0.376 e. The van der Waals surface area contributed by atoms with Crippen LogP contribution in [0.25, 0.3) is 0 Å². The SMILES string of the molecule is CC12CCC(c3ccc(OS(=O)(=O)C(F)(F)F)cc3Cl)C(c3ccc(Cl)cc3)C1CNC2=O. The molecule has 1 saturated carbocycles. The van der Waals surface area contributed by atoms with Crippen LogP contribution >= 0.6 is 23.2 Å². The fraction of sp³-hybridized carbons (Fsp3) is 0.409. The largest absolute Gasteiger partial charge is 0.534 e. The average molecular weight is 522 g/mol. The molecule has 0 aromatic heterocycles. The minimum atomic E-state index is -5.81. The number of hydrogen-bond donors (Lipinski definition) is 1. The summed E-state index contributed by atoms with van der Waals surface area (Å²) in [5.41, 5.74) is -4.49. The van der Waals surface area contributed by atoms with Crippen LogP contribution in [0.3, 0.4) is 0 Å². The Balaban J connectivity index is 1.72. The van der Waals surface area contributed by atoms with Gasteiger partial charge in [0.05, 0.1) is 5.41 Å². The summed E-state index contributed by atoms with van der Waals surface area (Å²) in [7, 11) is -5.81. The van der Waals surface area contributed by atoms with Crippen LogP contribution in [-0.2, 0) is 14.9 Å². The zero-order chi connectivity index (χ0) is 24.2. The third-order valence-corrected chi connectivity index (χ3v) is 8.34. The molecule has 2 fully saturated rings. The Kier molecular flexibility index (Phi) is 6.12. The number of carbonyl (C=O) groups excluding carboxylic acids is 1. The predicted octanol–water partition coefficient (Wildman–Crippen LogP) is 5.64. The van der Waals surface area contributed by atoms with E-state index in [-0.39, 0.29) is 28.7 Å². The van der Waals surface area contributed by atoms with E-state index in [4.69, 9.17) is 23.2 Å². The standard InChI is InChI=1S/C22H20Cl2F3NO4S/c1-21-9-8-16(15-7-6-14(10-18(15)24)32-33(30,31)22(25,26)27)19(17(21)11-28-20(21)29)12-2-4-13(23)5-3-12/h2-7,10,16-17,19H,8-9,11H2,1H3,(H,28,29). The minimum Gasteiger partial charge on any atom is -0.376 e. The van der Waals surface area contributed by atoms with E-state index in [9.17, 15) is 26.4 Å². The molecular weight excluding hydrogens is 502 g/mol. The first-order chi connectivity index (χ1) is 15.3. The first-order valence-electron chi connectivity index (χ1n) is 10.2. The first kappa shape index (κ1) is 24.2. The molecule has 1 aliphatic heterocycles. The number of amides is 1. The molecule has 0 spiro atoms. The number of fused-ring (bicyclic) bond motifs is 1. The van der Waals surface area contributed by atoms with Crippen molar-refractivity contribution in [1.29, 1.82) is 0 Å². The molecule has 1 N–H and O–H groups in total. The highest BCUT2D eigenvalue weighted by atomic mass is 35.5. The van der Waals surface area contributed by atoms with Gasteiger partial charge in [-0.3, -0.25) is 4.79 Å². The van der Waals surface area contributed by atoms with Crippen molar-refractivity contribution in [2.24, 2.45) is 11.3 Å². The van der Waals surface area contributed by atoms with Gasteiger partial charge >= 0.3 is 15.6 Å². The van der Waals surface area contributed by atoms with Crippen LogP contribution in [0.5, 0.6) is 5.75 Å². The van der Waals surface area contributed by atoms with Crippen molar-refractivity contribution >= 4 is 39.2 Å². The maximum atomic E-state index is 12.7. The normalized spacial score (nSPS) is 27.7. The monoisotopic (exact) mass is 521 g/mol. The Hall–Kier alpha value is -1.97. The zero-order valence-corrected chi connectivity index (χ0v) is 19.7. The summed E-state index contributed by atoms with van der Waals surface area (Å²) in [5.74, 6) is -0.844. The molecule has 1 saturated heterocycles. The molecular formula is C22H20Cl2F3NO4S. The summed E-state index contributed by atoms with van der Waals surface area (Å²) in [6.45, 7) is 2.43. The van der Waals surface area contributed by atoms with E-state index in [1.54, 1.807) is 12.1 Å². The second kappa shape index (κ2) is 8.36. The Labute approximate surface area is 199 Å². The van der Waals surface area contributed by atoms with Crippen LogP contribution in [0.1, 0.15) is 42.7 Å². The lowest BCUT2D eigenvalue weighted by atomic mass is 9.57. The molecule has 2 aliphatic rings. The average Bonchev–Trinajstić information content (AvgIpc) is 3.02. The molecule has 0 radical (unpaired) electrons. The Morgan fingerprint density at radius 2 is 1.79 bits per heavy atom. The summed E-state index contributed by atoms with van der Waals surface area (Å²) >= 11 is 12.5. The predicted molar refractivity (Wildman–Crippen MR) is 118 cm³/mol. The third kappa shape index (κ3) is 4.31. The lowest BCUT2D eigenvalue weighted by Gasteiger charge is -2.45. The minimum absolute atomic E-state index is 0.00267. The highest BCUT2D eigenvalue weighted by molar-refractivity contribution is 7.88. The summed E-state index contributed by atoms with van der Waals surface area (Å²) in [5, 5.41) is 3.62.